The van der Waals surface area contributed by atoms with Crippen LogP contribution < -0.4 is 10.9 Å². The fourth-order valence-corrected chi connectivity index (χ4v) is 5.64. The van der Waals surface area contributed by atoms with E-state index in [4.69, 9.17) is 4.98 Å². The second-order valence-electron chi connectivity index (χ2n) is 7.14. The average molecular weight is 394 g/mol. The summed E-state index contributed by atoms with van der Waals surface area (Å²) in [4.78, 5) is 32.1. The van der Waals surface area contributed by atoms with E-state index >= 15 is 0 Å². The Morgan fingerprint density at radius 3 is 2.92 bits per heavy atom. The second-order valence-corrected chi connectivity index (χ2v) is 9.17. The van der Waals surface area contributed by atoms with Crippen LogP contribution in [0.2, 0.25) is 0 Å². The van der Waals surface area contributed by atoms with Crippen molar-refractivity contribution in [3.8, 4) is 0 Å². The Morgan fingerprint density at radius 1 is 1.46 bits per heavy atom. The Morgan fingerprint density at radius 2 is 2.23 bits per heavy atom. The van der Waals surface area contributed by atoms with Crippen LogP contribution in [0.4, 0.5) is 0 Å². The first kappa shape index (κ1) is 19.4. The lowest BCUT2D eigenvalue weighted by molar-refractivity contribution is -0.119. The molecular formula is C19H27N3O2S2. The van der Waals surface area contributed by atoms with Gasteiger partial charge < -0.3 is 5.32 Å². The lowest BCUT2D eigenvalue weighted by Crippen LogP contribution is -2.33. The zero-order valence-corrected chi connectivity index (χ0v) is 17.6. The van der Waals surface area contributed by atoms with Crippen LogP contribution in [0.5, 0.6) is 0 Å². The third-order valence-electron chi connectivity index (χ3n) is 5.05. The Labute approximate surface area is 162 Å². The van der Waals surface area contributed by atoms with Crippen LogP contribution >= 0.6 is 23.1 Å². The number of hydrogen-bond donors (Lipinski definition) is 1. The molecule has 2 aromatic heterocycles. The van der Waals surface area contributed by atoms with Crippen molar-refractivity contribution in [2.45, 2.75) is 71.1 Å². The zero-order valence-electron chi connectivity index (χ0n) is 15.9. The Balaban J connectivity index is 1.91. The molecule has 142 valence electrons. The van der Waals surface area contributed by atoms with Gasteiger partial charge in [0.15, 0.2) is 5.16 Å². The number of aromatic nitrogens is 2. The molecular weight excluding hydrogens is 366 g/mol. The molecule has 0 spiro atoms. The highest BCUT2D eigenvalue weighted by molar-refractivity contribution is 7.99. The highest BCUT2D eigenvalue weighted by atomic mass is 32.2. The van der Waals surface area contributed by atoms with E-state index in [1.165, 1.54) is 22.2 Å². The SMILES string of the molecule is CC[C@H](C)NC(=O)CSc1nc2sc3c(c2c(=O)n1CC)CC[C@@H](C)C3. The highest BCUT2D eigenvalue weighted by Crippen LogP contribution is 2.36. The fourth-order valence-electron chi connectivity index (χ4n) is 3.34. The lowest BCUT2D eigenvalue weighted by Gasteiger charge is -2.17. The van der Waals surface area contributed by atoms with Crippen molar-refractivity contribution in [3.05, 3.63) is 20.8 Å². The number of thiophene rings is 1. The summed E-state index contributed by atoms with van der Waals surface area (Å²) >= 11 is 3.02. The van der Waals surface area contributed by atoms with E-state index in [-0.39, 0.29) is 23.3 Å². The molecule has 1 amide bonds. The van der Waals surface area contributed by atoms with E-state index in [0.29, 0.717) is 17.6 Å². The number of thioether (sulfide) groups is 1. The molecule has 5 nitrogen and oxygen atoms in total. The molecule has 26 heavy (non-hydrogen) atoms. The number of nitrogens with zero attached hydrogens (tertiary/aromatic N) is 2. The Bertz CT molecular complexity index is 872. The molecule has 3 rings (SSSR count). The molecule has 0 aliphatic heterocycles. The first-order valence-corrected chi connectivity index (χ1v) is 11.2. The molecule has 2 heterocycles. The molecule has 0 saturated heterocycles. The molecule has 2 aromatic rings. The highest BCUT2D eigenvalue weighted by Gasteiger charge is 2.24. The van der Waals surface area contributed by atoms with Crippen LogP contribution in [-0.4, -0.2) is 27.3 Å². The van der Waals surface area contributed by atoms with Gasteiger partial charge in [0.1, 0.15) is 4.83 Å². The average Bonchev–Trinajstić information content (AvgIpc) is 2.97. The van der Waals surface area contributed by atoms with Gasteiger partial charge in [-0.15, -0.1) is 11.3 Å². The molecule has 0 aromatic carbocycles. The molecule has 0 unspecified atom stereocenters. The van der Waals surface area contributed by atoms with Gasteiger partial charge in [-0.1, -0.05) is 25.6 Å². The molecule has 7 heteroatoms. The third-order valence-corrected chi connectivity index (χ3v) is 7.17. The third kappa shape index (κ3) is 3.83. The monoisotopic (exact) mass is 393 g/mol. The number of carbonyl (C=O) groups is 1. The van der Waals surface area contributed by atoms with Crippen molar-refractivity contribution in [2.24, 2.45) is 5.92 Å². The van der Waals surface area contributed by atoms with Crippen molar-refractivity contribution in [2.75, 3.05) is 5.75 Å². The second kappa shape index (κ2) is 8.13. The summed E-state index contributed by atoms with van der Waals surface area (Å²) in [6.07, 6.45) is 4.05. The molecule has 1 aliphatic carbocycles. The molecule has 0 bridgehead atoms. The van der Waals surface area contributed by atoms with Gasteiger partial charge in [-0.05, 0) is 51.0 Å². The van der Waals surface area contributed by atoms with Crippen LogP contribution in [0.15, 0.2) is 9.95 Å². The van der Waals surface area contributed by atoms with Gasteiger partial charge in [0, 0.05) is 17.5 Å². The predicted octanol–water partition coefficient (Wildman–Crippen LogP) is 3.61. The van der Waals surface area contributed by atoms with Gasteiger partial charge in [-0.3, -0.25) is 14.2 Å². The summed E-state index contributed by atoms with van der Waals surface area (Å²) in [6.45, 7) is 8.83. The van der Waals surface area contributed by atoms with Gasteiger partial charge in [-0.2, -0.15) is 0 Å². The Kier molecular flexibility index (Phi) is 6.07. The summed E-state index contributed by atoms with van der Waals surface area (Å²) in [5.74, 6) is 0.937. The standard InChI is InChI=1S/C19H27N3O2S2/c1-5-12(4)20-15(23)10-25-19-21-17-16(18(24)22(19)6-2)13-8-7-11(3)9-14(13)26-17/h11-12H,5-10H2,1-4H3,(H,20,23)/t11-,12+/m1/s1. The van der Waals surface area contributed by atoms with Crippen molar-refractivity contribution < 1.29 is 4.79 Å². The summed E-state index contributed by atoms with van der Waals surface area (Å²) < 4.78 is 1.72. The van der Waals surface area contributed by atoms with Gasteiger partial charge in [0.25, 0.3) is 5.56 Å². The number of rotatable bonds is 6. The van der Waals surface area contributed by atoms with Crippen molar-refractivity contribution in [3.63, 3.8) is 0 Å². The maximum atomic E-state index is 13.1. The molecule has 0 radical (unpaired) electrons. The minimum absolute atomic E-state index is 0.0133. The minimum atomic E-state index is -0.0133. The van der Waals surface area contributed by atoms with Crippen LogP contribution in [0.25, 0.3) is 10.2 Å². The zero-order chi connectivity index (χ0) is 18.8. The molecule has 0 fully saturated rings. The van der Waals surface area contributed by atoms with Gasteiger partial charge in [-0.25, -0.2) is 4.98 Å². The molecule has 0 saturated carbocycles. The summed E-state index contributed by atoms with van der Waals surface area (Å²) in [7, 11) is 0. The molecule has 2 atom stereocenters. The topological polar surface area (TPSA) is 64.0 Å². The van der Waals surface area contributed by atoms with Crippen molar-refractivity contribution in [1.82, 2.24) is 14.9 Å². The number of hydrogen-bond acceptors (Lipinski definition) is 5. The normalized spacial score (nSPS) is 17.9. The number of fused-ring (bicyclic) bond motifs is 3. The van der Waals surface area contributed by atoms with Crippen LogP contribution in [0.3, 0.4) is 0 Å². The first-order chi connectivity index (χ1) is 12.4. The van der Waals surface area contributed by atoms with Crippen molar-refractivity contribution >= 4 is 39.2 Å². The number of aryl methyl sites for hydroxylation is 1. The van der Waals surface area contributed by atoms with Crippen LogP contribution in [-0.2, 0) is 24.2 Å². The Hall–Kier alpha value is -1.34. The van der Waals surface area contributed by atoms with Gasteiger partial charge >= 0.3 is 0 Å². The maximum absolute atomic E-state index is 13.1. The lowest BCUT2D eigenvalue weighted by atomic mass is 9.89. The molecule has 1 aliphatic rings. The van der Waals surface area contributed by atoms with E-state index < -0.39 is 0 Å². The predicted molar refractivity (Wildman–Crippen MR) is 109 cm³/mol. The summed E-state index contributed by atoms with van der Waals surface area (Å²) in [5, 5.41) is 4.42. The number of amides is 1. The van der Waals surface area contributed by atoms with E-state index in [0.717, 1.165) is 35.9 Å². The summed E-state index contributed by atoms with van der Waals surface area (Å²) in [6, 6.07) is 0.165. The van der Waals surface area contributed by atoms with Crippen LogP contribution in [0.1, 0.15) is 51.0 Å². The van der Waals surface area contributed by atoms with Crippen molar-refractivity contribution in [1.29, 1.82) is 0 Å². The van der Waals surface area contributed by atoms with Gasteiger partial charge in [0.2, 0.25) is 5.91 Å². The minimum Gasteiger partial charge on any atom is -0.353 e. The van der Waals surface area contributed by atoms with E-state index in [2.05, 4.69) is 12.2 Å². The number of nitrogens with one attached hydrogen (secondary N) is 1. The van der Waals surface area contributed by atoms with Gasteiger partial charge in [0.05, 0.1) is 11.1 Å². The van der Waals surface area contributed by atoms with E-state index in [1.807, 2.05) is 20.8 Å². The number of carbonyl (C=O) groups excluding carboxylic acids is 1. The maximum Gasteiger partial charge on any atom is 0.263 e. The first-order valence-electron chi connectivity index (χ1n) is 9.41. The van der Waals surface area contributed by atoms with Crippen LogP contribution in [0, 0.1) is 5.92 Å². The smallest absolute Gasteiger partial charge is 0.263 e. The largest absolute Gasteiger partial charge is 0.353 e. The fraction of sp³-hybridized carbons (Fsp3) is 0.632. The van der Waals surface area contributed by atoms with E-state index in [9.17, 15) is 9.59 Å². The summed E-state index contributed by atoms with van der Waals surface area (Å²) in [5.41, 5.74) is 1.27. The quantitative estimate of drug-likeness (QED) is 0.601. The molecule has 1 N–H and O–H groups in total. The van der Waals surface area contributed by atoms with E-state index in [1.54, 1.807) is 15.9 Å².